The Morgan fingerprint density at radius 3 is 2.81 bits per heavy atom. The number of carboxylic acid groups (broad SMARTS) is 1. The van der Waals surface area contributed by atoms with Gasteiger partial charge in [-0.25, -0.2) is 4.79 Å². The zero-order chi connectivity index (χ0) is 15.6. The Morgan fingerprint density at radius 1 is 1.52 bits per heavy atom. The number of carboxylic acids is 1. The van der Waals surface area contributed by atoms with Crippen LogP contribution < -0.4 is 5.73 Å². The topological polar surface area (TPSA) is 128 Å². The Bertz CT molecular complexity index is 599. The molecule has 1 aromatic rings. The second-order valence-electron chi connectivity index (χ2n) is 5.47. The van der Waals surface area contributed by atoms with Gasteiger partial charge >= 0.3 is 13.1 Å². The Morgan fingerprint density at radius 2 is 2.24 bits per heavy atom. The Hall–Kier alpha value is -1.88. The molecular weight excluding hydrogens is 271 g/mol. The van der Waals surface area contributed by atoms with E-state index in [1.165, 1.54) is 0 Å². The molecule has 1 aliphatic rings. The molecule has 0 amide bonds. The zero-order valence-electron chi connectivity index (χ0n) is 11.5. The molecule has 1 aromatic carbocycles. The fourth-order valence-corrected chi connectivity index (χ4v) is 3.02. The second-order valence-corrected chi connectivity index (χ2v) is 5.47. The van der Waals surface area contributed by atoms with Gasteiger partial charge in [0.2, 0.25) is 0 Å². The number of nitrogens with two attached hydrogens (primary N) is 1. The Labute approximate surface area is 123 Å². The average molecular weight is 288 g/mol. The second kappa shape index (κ2) is 5.86. The maximum Gasteiger partial charge on any atom is 0.451 e. The van der Waals surface area contributed by atoms with Crippen molar-refractivity contribution < 1.29 is 19.9 Å². The van der Waals surface area contributed by atoms with E-state index in [0.717, 1.165) is 5.56 Å². The SMILES string of the molecule is N#Cc1ccc2c(c1)[C@@](N)(C(=O)O)[C@@H](CCCB(O)O)C2. The molecule has 2 atom stereocenters. The lowest BCUT2D eigenvalue weighted by Crippen LogP contribution is -2.48. The largest absolute Gasteiger partial charge is 0.480 e. The molecule has 2 rings (SSSR count). The molecule has 0 heterocycles. The van der Waals surface area contributed by atoms with Crippen molar-refractivity contribution in [3.63, 3.8) is 0 Å². The minimum absolute atomic E-state index is 0.186. The van der Waals surface area contributed by atoms with Crippen molar-refractivity contribution in [2.75, 3.05) is 0 Å². The molecule has 0 spiro atoms. The molecular formula is C14H17BN2O4. The van der Waals surface area contributed by atoms with Gasteiger partial charge in [-0.15, -0.1) is 0 Å². The molecule has 1 aliphatic carbocycles. The molecule has 0 aliphatic heterocycles. The highest BCUT2D eigenvalue weighted by molar-refractivity contribution is 6.40. The summed E-state index contributed by atoms with van der Waals surface area (Å²) in [6.07, 6.45) is 1.67. The number of fused-ring (bicyclic) bond motifs is 1. The normalized spacial score (nSPS) is 23.4. The molecule has 21 heavy (non-hydrogen) atoms. The van der Waals surface area contributed by atoms with E-state index in [1.807, 2.05) is 6.07 Å². The summed E-state index contributed by atoms with van der Waals surface area (Å²) in [5.74, 6) is -1.44. The van der Waals surface area contributed by atoms with Crippen molar-refractivity contribution >= 4 is 13.1 Å². The van der Waals surface area contributed by atoms with Gasteiger partial charge in [0, 0.05) is 0 Å². The summed E-state index contributed by atoms with van der Waals surface area (Å²) in [5.41, 5.74) is 6.36. The first-order valence-electron chi connectivity index (χ1n) is 6.81. The van der Waals surface area contributed by atoms with E-state index in [2.05, 4.69) is 0 Å². The number of benzene rings is 1. The molecule has 0 fully saturated rings. The molecule has 5 N–H and O–H groups in total. The standard InChI is InChI=1S/C14H17BN2O4/c16-8-9-3-4-10-7-11(2-1-5-15(20)21)14(17,13(18)19)12(10)6-9/h3-4,6,11,20-21H,1-2,5,7,17H2,(H,18,19)/t11-,14+/m0/s1. The molecule has 0 aromatic heterocycles. The summed E-state index contributed by atoms with van der Waals surface area (Å²) in [6.45, 7) is 0. The van der Waals surface area contributed by atoms with Crippen LogP contribution in [0.1, 0.15) is 29.5 Å². The summed E-state index contributed by atoms with van der Waals surface area (Å²) < 4.78 is 0. The van der Waals surface area contributed by atoms with Crippen LogP contribution in [0.15, 0.2) is 18.2 Å². The number of hydrogen-bond acceptors (Lipinski definition) is 5. The van der Waals surface area contributed by atoms with E-state index < -0.39 is 18.6 Å². The van der Waals surface area contributed by atoms with E-state index in [1.54, 1.807) is 18.2 Å². The van der Waals surface area contributed by atoms with Crippen molar-refractivity contribution in [3.8, 4) is 6.07 Å². The fourth-order valence-electron chi connectivity index (χ4n) is 3.02. The number of carbonyl (C=O) groups is 1. The quantitative estimate of drug-likeness (QED) is 0.574. The zero-order valence-corrected chi connectivity index (χ0v) is 11.5. The summed E-state index contributed by atoms with van der Waals surface area (Å²) in [6, 6.07) is 6.94. The first-order valence-corrected chi connectivity index (χ1v) is 6.81. The van der Waals surface area contributed by atoms with Gasteiger partial charge in [-0.2, -0.15) is 5.26 Å². The van der Waals surface area contributed by atoms with Gasteiger partial charge in [0.05, 0.1) is 11.6 Å². The van der Waals surface area contributed by atoms with Gasteiger partial charge in [-0.05, 0) is 48.3 Å². The van der Waals surface area contributed by atoms with Gasteiger partial charge in [0.1, 0.15) is 5.54 Å². The summed E-state index contributed by atoms with van der Waals surface area (Å²) in [4.78, 5) is 11.7. The van der Waals surface area contributed by atoms with Crippen LogP contribution in [0.5, 0.6) is 0 Å². The number of hydrogen-bond donors (Lipinski definition) is 4. The van der Waals surface area contributed by atoms with E-state index in [-0.39, 0.29) is 12.2 Å². The minimum atomic E-state index is -1.53. The maximum atomic E-state index is 11.7. The third-order valence-electron chi connectivity index (χ3n) is 4.16. The number of aliphatic carboxylic acids is 1. The van der Waals surface area contributed by atoms with Crippen LogP contribution >= 0.6 is 0 Å². The first kappa shape index (κ1) is 15.5. The van der Waals surface area contributed by atoms with Gasteiger partial charge in [0.25, 0.3) is 0 Å². The number of rotatable bonds is 5. The highest BCUT2D eigenvalue weighted by Crippen LogP contribution is 2.42. The molecule has 0 bridgehead atoms. The number of nitrogens with zero attached hydrogens (tertiary/aromatic N) is 1. The van der Waals surface area contributed by atoms with Crippen LogP contribution in [-0.2, 0) is 16.8 Å². The Kier molecular flexibility index (Phi) is 4.33. The average Bonchev–Trinajstić information content (AvgIpc) is 2.72. The smallest absolute Gasteiger partial charge is 0.451 e. The molecule has 0 radical (unpaired) electrons. The van der Waals surface area contributed by atoms with Gasteiger partial charge in [-0.1, -0.05) is 12.5 Å². The van der Waals surface area contributed by atoms with Gasteiger partial charge in [0.15, 0.2) is 0 Å². The monoisotopic (exact) mass is 288 g/mol. The summed E-state index contributed by atoms with van der Waals surface area (Å²) >= 11 is 0. The molecule has 0 saturated heterocycles. The number of nitriles is 1. The van der Waals surface area contributed by atoms with E-state index in [0.29, 0.717) is 30.4 Å². The predicted octanol–water partition coefficient (Wildman–Crippen LogP) is 0.222. The van der Waals surface area contributed by atoms with Crippen LogP contribution in [0, 0.1) is 17.2 Å². The Balaban J connectivity index is 2.30. The lowest BCUT2D eigenvalue weighted by molar-refractivity contribution is -0.145. The lowest BCUT2D eigenvalue weighted by Gasteiger charge is -2.28. The molecule has 7 heteroatoms. The van der Waals surface area contributed by atoms with E-state index in [9.17, 15) is 9.90 Å². The minimum Gasteiger partial charge on any atom is -0.480 e. The van der Waals surface area contributed by atoms with Gasteiger partial charge < -0.3 is 20.9 Å². The third kappa shape index (κ3) is 2.79. The third-order valence-corrected chi connectivity index (χ3v) is 4.16. The summed E-state index contributed by atoms with van der Waals surface area (Å²) in [7, 11) is -1.39. The van der Waals surface area contributed by atoms with Crippen LogP contribution in [0.3, 0.4) is 0 Å². The van der Waals surface area contributed by atoms with Crippen LogP contribution in [0.4, 0.5) is 0 Å². The van der Waals surface area contributed by atoms with Gasteiger partial charge in [-0.3, -0.25) is 0 Å². The highest BCUT2D eigenvalue weighted by Gasteiger charge is 2.49. The molecule has 110 valence electrons. The maximum absolute atomic E-state index is 11.7. The van der Waals surface area contributed by atoms with Crippen LogP contribution in [0.25, 0.3) is 0 Å². The van der Waals surface area contributed by atoms with Crippen molar-refractivity contribution in [1.82, 2.24) is 0 Å². The van der Waals surface area contributed by atoms with Crippen molar-refractivity contribution in [3.05, 3.63) is 34.9 Å². The van der Waals surface area contributed by atoms with Crippen molar-refractivity contribution in [1.29, 1.82) is 5.26 Å². The predicted molar refractivity (Wildman–Crippen MR) is 76.1 cm³/mol. The highest BCUT2D eigenvalue weighted by atomic mass is 16.4. The molecule has 0 saturated carbocycles. The van der Waals surface area contributed by atoms with Crippen LogP contribution in [-0.4, -0.2) is 28.2 Å². The first-order chi connectivity index (χ1) is 9.89. The lowest BCUT2D eigenvalue weighted by atomic mass is 9.77. The summed E-state index contributed by atoms with van der Waals surface area (Å²) in [5, 5.41) is 36.3. The van der Waals surface area contributed by atoms with Crippen molar-refractivity contribution in [2.24, 2.45) is 11.7 Å². The van der Waals surface area contributed by atoms with Crippen LogP contribution in [0.2, 0.25) is 6.32 Å². The molecule has 0 unspecified atom stereocenters. The fraction of sp³-hybridized carbons (Fsp3) is 0.429. The van der Waals surface area contributed by atoms with E-state index in [4.69, 9.17) is 21.0 Å². The van der Waals surface area contributed by atoms with Crippen molar-refractivity contribution in [2.45, 2.75) is 31.1 Å². The van der Waals surface area contributed by atoms with E-state index >= 15 is 0 Å². The molecule has 6 nitrogen and oxygen atoms in total.